The van der Waals surface area contributed by atoms with Gasteiger partial charge in [0.2, 0.25) is 5.95 Å². The molecule has 0 saturated carbocycles. The highest BCUT2D eigenvalue weighted by Crippen LogP contribution is 2.23. The van der Waals surface area contributed by atoms with Gasteiger partial charge < -0.3 is 10.0 Å². The first-order chi connectivity index (χ1) is 7.33. The minimum Gasteiger partial charge on any atom is -0.396 e. The monoisotopic (exact) mass is 211 g/mol. The molecule has 1 unspecified atom stereocenters. The van der Waals surface area contributed by atoms with Crippen molar-refractivity contribution >= 4 is 5.95 Å². The van der Waals surface area contributed by atoms with Gasteiger partial charge in [0, 0.05) is 26.2 Å². The van der Waals surface area contributed by atoms with Gasteiger partial charge in [0.1, 0.15) is 0 Å². The van der Waals surface area contributed by atoms with Crippen LogP contribution in [0.25, 0.3) is 0 Å². The Hall–Kier alpha value is -1.17. The summed E-state index contributed by atoms with van der Waals surface area (Å²) in [6, 6.07) is 0.383. The molecule has 1 fully saturated rings. The van der Waals surface area contributed by atoms with Crippen molar-refractivity contribution in [3.8, 4) is 0 Å². The Kier molecular flexibility index (Phi) is 3.15. The van der Waals surface area contributed by atoms with Crippen LogP contribution < -0.4 is 4.90 Å². The Morgan fingerprint density at radius 3 is 3.00 bits per heavy atom. The molecule has 84 valence electrons. The molecule has 6 heteroatoms. The molecule has 1 aromatic rings. The molecule has 1 aromatic heterocycles. The first kappa shape index (κ1) is 10.4. The molecule has 2 heterocycles. The van der Waals surface area contributed by atoms with Crippen molar-refractivity contribution in [2.45, 2.75) is 31.7 Å². The summed E-state index contributed by atoms with van der Waals surface area (Å²) in [5.41, 5.74) is 0. The molecule has 15 heavy (non-hydrogen) atoms. The quantitative estimate of drug-likeness (QED) is 0.759. The van der Waals surface area contributed by atoms with E-state index < -0.39 is 0 Å². The molecule has 1 N–H and O–H groups in total. The number of aliphatic hydroxyl groups is 1. The lowest BCUT2D eigenvalue weighted by Gasteiger charge is -2.35. The normalized spacial score (nSPS) is 22.0. The summed E-state index contributed by atoms with van der Waals surface area (Å²) < 4.78 is 1.69. The Balaban J connectivity index is 2.14. The zero-order chi connectivity index (χ0) is 10.7. The number of aliphatic hydroxyl groups excluding tert-OH is 1. The van der Waals surface area contributed by atoms with Gasteiger partial charge in [0.15, 0.2) is 0 Å². The van der Waals surface area contributed by atoms with E-state index in [1.807, 2.05) is 7.05 Å². The van der Waals surface area contributed by atoms with Crippen molar-refractivity contribution in [1.82, 2.24) is 20.2 Å². The van der Waals surface area contributed by atoms with Gasteiger partial charge in [-0.3, -0.25) is 0 Å². The fourth-order valence-electron chi connectivity index (χ4n) is 2.18. The van der Waals surface area contributed by atoms with Crippen LogP contribution in [0.2, 0.25) is 0 Å². The van der Waals surface area contributed by atoms with Gasteiger partial charge in [-0.1, -0.05) is 5.10 Å². The summed E-state index contributed by atoms with van der Waals surface area (Å²) in [4.78, 5) is 2.21. The molecule has 0 radical (unpaired) electrons. The number of tetrazole rings is 1. The predicted octanol–water partition coefficient (Wildman–Crippen LogP) is -0.0486. The summed E-state index contributed by atoms with van der Waals surface area (Å²) in [7, 11) is 1.85. The summed E-state index contributed by atoms with van der Waals surface area (Å²) in [6.07, 6.45) is 4.32. The van der Waals surface area contributed by atoms with Crippen LogP contribution in [-0.4, -0.2) is 44.5 Å². The van der Waals surface area contributed by atoms with Crippen LogP contribution in [0.4, 0.5) is 5.95 Å². The van der Waals surface area contributed by atoms with Gasteiger partial charge in [-0.2, -0.15) is 0 Å². The Morgan fingerprint density at radius 2 is 2.33 bits per heavy atom. The number of anilines is 1. The largest absolute Gasteiger partial charge is 0.396 e. The molecule has 0 spiro atoms. The van der Waals surface area contributed by atoms with E-state index in [-0.39, 0.29) is 6.61 Å². The second kappa shape index (κ2) is 4.57. The number of piperidine rings is 1. The van der Waals surface area contributed by atoms with Gasteiger partial charge in [-0.15, -0.1) is 0 Å². The predicted molar refractivity (Wildman–Crippen MR) is 55.5 cm³/mol. The number of nitrogens with zero attached hydrogens (tertiary/aromatic N) is 5. The Bertz CT molecular complexity index is 311. The lowest BCUT2D eigenvalue weighted by molar-refractivity contribution is 0.261. The fourth-order valence-corrected chi connectivity index (χ4v) is 2.18. The van der Waals surface area contributed by atoms with Gasteiger partial charge in [-0.05, 0) is 36.1 Å². The summed E-state index contributed by atoms with van der Waals surface area (Å²) >= 11 is 0. The van der Waals surface area contributed by atoms with Crippen LogP contribution in [0.5, 0.6) is 0 Å². The van der Waals surface area contributed by atoms with E-state index in [0.717, 1.165) is 25.3 Å². The zero-order valence-corrected chi connectivity index (χ0v) is 9.00. The van der Waals surface area contributed by atoms with Crippen molar-refractivity contribution in [1.29, 1.82) is 0 Å². The summed E-state index contributed by atoms with van der Waals surface area (Å²) in [5.74, 6) is 0.813. The third-order valence-corrected chi connectivity index (χ3v) is 2.94. The number of hydrogen-bond donors (Lipinski definition) is 1. The average Bonchev–Trinajstić information content (AvgIpc) is 2.66. The molecule has 2 rings (SSSR count). The van der Waals surface area contributed by atoms with Crippen molar-refractivity contribution in [2.24, 2.45) is 7.05 Å². The third kappa shape index (κ3) is 2.09. The van der Waals surface area contributed by atoms with Crippen LogP contribution in [0, 0.1) is 0 Å². The standard InChI is InChI=1S/C9H17N5O/c1-13-9(10-11-12-13)14-6-3-2-4-8(14)5-7-15/h8,15H,2-7H2,1H3. The van der Waals surface area contributed by atoms with E-state index in [2.05, 4.69) is 20.4 Å². The van der Waals surface area contributed by atoms with Crippen molar-refractivity contribution in [3.05, 3.63) is 0 Å². The van der Waals surface area contributed by atoms with E-state index >= 15 is 0 Å². The van der Waals surface area contributed by atoms with E-state index in [4.69, 9.17) is 5.11 Å². The highest BCUT2D eigenvalue weighted by molar-refractivity contribution is 5.30. The minimum atomic E-state index is 0.229. The second-order valence-electron chi connectivity index (χ2n) is 3.96. The Morgan fingerprint density at radius 1 is 1.47 bits per heavy atom. The number of aryl methyl sites for hydroxylation is 1. The summed E-state index contributed by atoms with van der Waals surface area (Å²) in [5, 5.41) is 20.5. The van der Waals surface area contributed by atoms with Crippen molar-refractivity contribution in [3.63, 3.8) is 0 Å². The number of rotatable bonds is 3. The Labute approximate surface area is 88.9 Å². The molecule has 0 bridgehead atoms. The SMILES string of the molecule is Cn1nnnc1N1CCCCC1CCO. The topological polar surface area (TPSA) is 67.1 Å². The van der Waals surface area contributed by atoms with Gasteiger partial charge in [0.25, 0.3) is 0 Å². The van der Waals surface area contributed by atoms with Gasteiger partial charge in [0.05, 0.1) is 0 Å². The third-order valence-electron chi connectivity index (χ3n) is 2.94. The maximum Gasteiger partial charge on any atom is 0.245 e. The van der Waals surface area contributed by atoms with Gasteiger partial charge >= 0.3 is 0 Å². The molecule has 1 aliphatic heterocycles. The minimum absolute atomic E-state index is 0.229. The van der Waals surface area contributed by atoms with E-state index in [1.165, 1.54) is 12.8 Å². The maximum absolute atomic E-state index is 9.02. The molecule has 1 atom stereocenters. The van der Waals surface area contributed by atoms with Crippen molar-refractivity contribution < 1.29 is 5.11 Å². The zero-order valence-electron chi connectivity index (χ0n) is 9.00. The molecule has 0 aliphatic carbocycles. The van der Waals surface area contributed by atoms with Crippen LogP contribution in [0.3, 0.4) is 0 Å². The second-order valence-corrected chi connectivity index (χ2v) is 3.96. The molecule has 1 saturated heterocycles. The molecule has 6 nitrogen and oxygen atoms in total. The average molecular weight is 211 g/mol. The van der Waals surface area contributed by atoms with Crippen LogP contribution in [-0.2, 0) is 7.05 Å². The van der Waals surface area contributed by atoms with Gasteiger partial charge in [-0.25, -0.2) is 4.68 Å². The van der Waals surface area contributed by atoms with E-state index in [9.17, 15) is 0 Å². The molecule has 0 amide bonds. The summed E-state index contributed by atoms with van der Waals surface area (Å²) in [6.45, 7) is 1.21. The van der Waals surface area contributed by atoms with Crippen molar-refractivity contribution in [2.75, 3.05) is 18.1 Å². The lowest BCUT2D eigenvalue weighted by atomic mass is 10.0. The molecular weight excluding hydrogens is 194 g/mol. The molecule has 0 aromatic carbocycles. The highest BCUT2D eigenvalue weighted by atomic mass is 16.3. The van der Waals surface area contributed by atoms with Crippen LogP contribution >= 0.6 is 0 Å². The molecule has 1 aliphatic rings. The van der Waals surface area contributed by atoms with E-state index in [1.54, 1.807) is 4.68 Å². The van der Waals surface area contributed by atoms with E-state index in [0.29, 0.717) is 6.04 Å². The van der Waals surface area contributed by atoms with Crippen LogP contribution in [0.15, 0.2) is 0 Å². The lowest BCUT2D eigenvalue weighted by Crippen LogP contribution is -2.41. The van der Waals surface area contributed by atoms with Crippen LogP contribution in [0.1, 0.15) is 25.7 Å². The smallest absolute Gasteiger partial charge is 0.245 e. The highest BCUT2D eigenvalue weighted by Gasteiger charge is 2.25. The number of hydrogen-bond acceptors (Lipinski definition) is 5. The number of aromatic nitrogens is 4. The first-order valence-electron chi connectivity index (χ1n) is 5.43. The first-order valence-corrected chi connectivity index (χ1v) is 5.43. The molecular formula is C9H17N5O. The maximum atomic E-state index is 9.02. The fraction of sp³-hybridized carbons (Fsp3) is 0.889.